The number of piperazine rings is 1. The third-order valence-electron chi connectivity index (χ3n) is 5.51. The summed E-state index contributed by atoms with van der Waals surface area (Å²) < 4.78 is 36.7. The molecule has 0 aliphatic carbocycles. The Morgan fingerprint density at radius 3 is 2.30 bits per heavy atom. The topological polar surface area (TPSA) is 76.2 Å². The van der Waals surface area contributed by atoms with Gasteiger partial charge in [0, 0.05) is 22.7 Å². The molecule has 0 unspecified atom stereocenters. The van der Waals surface area contributed by atoms with Gasteiger partial charge in [0.05, 0.1) is 31.2 Å². The number of benzene rings is 2. The van der Waals surface area contributed by atoms with Gasteiger partial charge >= 0.3 is 0 Å². The fourth-order valence-electron chi connectivity index (χ4n) is 4.09. The van der Waals surface area contributed by atoms with Crippen molar-refractivity contribution in [2.75, 3.05) is 43.2 Å². The summed E-state index contributed by atoms with van der Waals surface area (Å²) in [5, 5.41) is 0. The van der Waals surface area contributed by atoms with Gasteiger partial charge in [-0.15, -0.1) is 0 Å². The number of amides is 1. The molecule has 0 bridgehead atoms. The van der Waals surface area contributed by atoms with Gasteiger partial charge in [0.25, 0.3) is 0 Å². The first-order chi connectivity index (χ1) is 14.4. The summed E-state index contributed by atoms with van der Waals surface area (Å²) in [7, 11) is -1.61. The second-order valence-corrected chi connectivity index (χ2v) is 10.5. The Morgan fingerprint density at radius 1 is 1.00 bits per heavy atom. The third kappa shape index (κ3) is 4.48. The first kappa shape index (κ1) is 21.1. The van der Waals surface area contributed by atoms with Gasteiger partial charge in [0.15, 0.2) is 9.84 Å². The quantitative estimate of drug-likeness (QED) is 0.613. The lowest BCUT2D eigenvalue weighted by atomic mass is 10.0. The monoisotopic (exact) mass is 494 g/mol. The fourth-order valence-corrected chi connectivity index (χ4v) is 6.34. The van der Waals surface area contributed by atoms with E-state index in [1.54, 1.807) is 12.0 Å². The first-order valence-corrected chi connectivity index (χ1v) is 12.3. The number of nitrogens with zero attached hydrogens (tertiary/aromatic N) is 2. The number of hydrogen-bond donors (Lipinski definition) is 0. The minimum absolute atomic E-state index is 0.0185. The Morgan fingerprint density at radius 2 is 1.63 bits per heavy atom. The highest BCUT2D eigenvalue weighted by Gasteiger charge is 2.49. The van der Waals surface area contributed by atoms with Crippen molar-refractivity contribution in [3.8, 4) is 11.5 Å². The smallest absolute Gasteiger partial charge is 0.241 e. The van der Waals surface area contributed by atoms with Crippen molar-refractivity contribution in [1.29, 1.82) is 0 Å². The van der Waals surface area contributed by atoms with E-state index in [4.69, 9.17) is 9.47 Å². The van der Waals surface area contributed by atoms with Gasteiger partial charge in [-0.1, -0.05) is 15.9 Å². The van der Waals surface area contributed by atoms with Crippen molar-refractivity contribution in [1.82, 2.24) is 4.90 Å². The highest BCUT2D eigenvalue weighted by molar-refractivity contribution is 9.10. The molecule has 2 atom stereocenters. The summed E-state index contributed by atoms with van der Waals surface area (Å²) in [5.41, 5.74) is 0.726. The van der Waals surface area contributed by atoms with Crippen LogP contribution in [0.1, 0.15) is 0 Å². The second kappa shape index (κ2) is 8.56. The summed E-state index contributed by atoms with van der Waals surface area (Å²) in [6, 6.07) is 14.0. The number of hydrogen-bond acceptors (Lipinski definition) is 6. The van der Waals surface area contributed by atoms with Crippen molar-refractivity contribution < 1.29 is 22.7 Å². The van der Waals surface area contributed by atoms with Crippen LogP contribution in [-0.4, -0.2) is 69.6 Å². The number of methoxy groups -OCH3 is 1. The van der Waals surface area contributed by atoms with Gasteiger partial charge in [-0.25, -0.2) is 8.42 Å². The van der Waals surface area contributed by atoms with Crippen molar-refractivity contribution in [2.24, 2.45) is 0 Å². The molecule has 0 radical (unpaired) electrons. The third-order valence-corrected chi connectivity index (χ3v) is 7.74. The Bertz CT molecular complexity index is 1010. The van der Waals surface area contributed by atoms with E-state index in [0.717, 1.165) is 15.9 Å². The molecule has 0 spiro atoms. The molecule has 0 saturated carbocycles. The van der Waals surface area contributed by atoms with Gasteiger partial charge in [-0.05, 0) is 48.5 Å². The summed E-state index contributed by atoms with van der Waals surface area (Å²) in [6.07, 6.45) is 0. The van der Waals surface area contributed by atoms with Gasteiger partial charge in [-0.3, -0.25) is 9.69 Å². The molecule has 2 saturated heterocycles. The van der Waals surface area contributed by atoms with Crippen LogP contribution in [-0.2, 0) is 14.6 Å². The molecule has 160 valence electrons. The van der Waals surface area contributed by atoms with Crippen molar-refractivity contribution in [2.45, 2.75) is 12.1 Å². The lowest BCUT2D eigenvalue weighted by Gasteiger charge is -2.43. The highest BCUT2D eigenvalue weighted by atomic mass is 79.9. The van der Waals surface area contributed by atoms with E-state index >= 15 is 0 Å². The normalized spacial score (nSPS) is 23.3. The number of rotatable bonds is 6. The lowest BCUT2D eigenvalue weighted by molar-refractivity contribution is -0.123. The Hall–Kier alpha value is -2.10. The van der Waals surface area contributed by atoms with Gasteiger partial charge < -0.3 is 14.4 Å². The summed E-state index contributed by atoms with van der Waals surface area (Å²) in [5.74, 6) is 1.39. The predicted molar refractivity (Wildman–Crippen MR) is 118 cm³/mol. The SMILES string of the molecule is COc1ccc(OCCN2CC(=O)N(c3ccc(Br)cc3)[C@@H]3CS(=O)(=O)C[C@H]32)cc1. The van der Waals surface area contributed by atoms with Crippen LogP contribution in [0.15, 0.2) is 53.0 Å². The number of carbonyl (C=O) groups excluding carboxylic acids is 1. The summed E-state index contributed by atoms with van der Waals surface area (Å²) >= 11 is 3.40. The molecule has 2 aliphatic heterocycles. The van der Waals surface area contributed by atoms with Crippen molar-refractivity contribution in [3.05, 3.63) is 53.0 Å². The zero-order chi connectivity index (χ0) is 21.3. The molecule has 1 amide bonds. The number of anilines is 1. The number of fused-ring (bicyclic) bond motifs is 1. The zero-order valence-corrected chi connectivity index (χ0v) is 18.9. The van der Waals surface area contributed by atoms with E-state index in [1.165, 1.54) is 0 Å². The van der Waals surface area contributed by atoms with Crippen LogP contribution in [0.4, 0.5) is 5.69 Å². The average molecular weight is 495 g/mol. The van der Waals surface area contributed by atoms with Gasteiger partial charge in [0.1, 0.15) is 18.1 Å². The van der Waals surface area contributed by atoms with E-state index < -0.39 is 15.9 Å². The molecule has 2 aromatic rings. The number of sulfone groups is 1. The minimum Gasteiger partial charge on any atom is -0.497 e. The van der Waals surface area contributed by atoms with Crippen molar-refractivity contribution in [3.63, 3.8) is 0 Å². The Balaban J connectivity index is 1.47. The second-order valence-electron chi connectivity index (χ2n) is 7.45. The van der Waals surface area contributed by atoms with Gasteiger partial charge in [0.2, 0.25) is 5.91 Å². The molecule has 2 fully saturated rings. The van der Waals surface area contributed by atoms with Crippen LogP contribution >= 0.6 is 15.9 Å². The predicted octanol–water partition coefficient (Wildman–Crippen LogP) is 2.35. The van der Waals surface area contributed by atoms with E-state index in [1.807, 2.05) is 53.4 Å². The van der Waals surface area contributed by atoms with E-state index in [0.29, 0.717) is 18.9 Å². The number of carbonyl (C=O) groups is 1. The van der Waals surface area contributed by atoms with Crippen LogP contribution < -0.4 is 14.4 Å². The van der Waals surface area contributed by atoms with Crippen molar-refractivity contribution >= 4 is 37.4 Å². The van der Waals surface area contributed by atoms with Gasteiger partial charge in [-0.2, -0.15) is 0 Å². The largest absolute Gasteiger partial charge is 0.497 e. The molecule has 7 nitrogen and oxygen atoms in total. The van der Waals surface area contributed by atoms with Crippen LogP contribution in [0, 0.1) is 0 Å². The maximum atomic E-state index is 13.0. The standard InChI is InChI=1S/C21H23BrN2O5S/c1-28-17-6-8-18(9-7-17)29-11-10-23-12-21(25)24(16-4-2-15(22)3-5-16)20-14-30(26,27)13-19(20)23/h2-9,19-20H,10-14H2,1H3/t19-,20-/m1/s1. The highest BCUT2D eigenvalue weighted by Crippen LogP contribution is 2.32. The van der Waals surface area contributed by atoms with Crippen LogP contribution in [0.25, 0.3) is 0 Å². The van der Waals surface area contributed by atoms with E-state index in [-0.39, 0.29) is 30.0 Å². The van der Waals surface area contributed by atoms with E-state index in [9.17, 15) is 13.2 Å². The first-order valence-electron chi connectivity index (χ1n) is 9.65. The number of ether oxygens (including phenoxy) is 2. The Labute approximate surface area is 184 Å². The fraction of sp³-hybridized carbons (Fsp3) is 0.381. The molecule has 0 N–H and O–H groups in total. The zero-order valence-electron chi connectivity index (χ0n) is 16.5. The van der Waals surface area contributed by atoms with Crippen LogP contribution in [0.5, 0.6) is 11.5 Å². The summed E-state index contributed by atoms with van der Waals surface area (Å²) in [4.78, 5) is 16.6. The molecule has 30 heavy (non-hydrogen) atoms. The average Bonchev–Trinajstić information content (AvgIpc) is 3.04. The molecule has 2 aliphatic rings. The molecule has 2 heterocycles. The maximum Gasteiger partial charge on any atom is 0.241 e. The summed E-state index contributed by atoms with van der Waals surface area (Å²) in [6.45, 7) is 1.00. The molecule has 2 aromatic carbocycles. The molecular formula is C21H23BrN2O5S. The number of halogens is 1. The Kier molecular flexibility index (Phi) is 6.04. The van der Waals surface area contributed by atoms with Crippen LogP contribution in [0.3, 0.4) is 0 Å². The molecular weight excluding hydrogens is 472 g/mol. The van der Waals surface area contributed by atoms with Crippen LogP contribution in [0.2, 0.25) is 0 Å². The minimum atomic E-state index is -3.22. The molecule has 4 rings (SSSR count). The van der Waals surface area contributed by atoms with E-state index in [2.05, 4.69) is 15.9 Å². The molecule has 9 heteroatoms. The molecule has 0 aromatic heterocycles. The maximum absolute atomic E-state index is 13.0. The lowest BCUT2D eigenvalue weighted by Crippen LogP contribution is -2.62.